The van der Waals surface area contributed by atoms with Gasteiger partial charge in [0.25, 0.3) is 0 Å². The molecule has 1 fully saturated rings. The quantitative estimate of drug-likeness (QED) is 0.697. The molecule has 0 radical (unpaired) electrons. The van der Waals surface area contributed by atoms with Gasteiger partial charge >= 0.3 is 0 Å². The fourth-order valence-corrected chi connectivity index (χ4v) is 2.11. The lowest BCUT2D eigenvalue weighted by Gasteiger charge is -2.37. The number of likely N-dealkylation sites (N-methyl/N-ethyl adjacent to an activating group) is 1. The smallest absolute Gasteiger partial charge is 0.0244 e. The van der Waals surface area contributed by atoms with E-state index in [4.69, 9.17) is 5.73 Å². The molecule has 0 aromatic heterocycles. The summed E-state index contributed by atoms with van der Waals surface area (Å²) < 4.78 is 0. The largest absolute Gasteiger partial charge is 0.326 e. The van der Waals surface area contributed by atoms with Gasteiger partial charge in [0.15, 0.2) is 0 Å². The molecule has 0 aliphatic carbocycles. The van der Waals surface area contributed by atoms with Crippen molar-refractivity contribution in [2.24, 2.45) is 5.73 Å². The predicted molar refractivity (Wildman–Crippen MR) is 53.2 cm³/mol. The number of hydrogen-bond acceptors (Lipinski definition) is 2. The lowest BCUT2D eigenvalue weighted by Crippen LogP contribution is -2.50. The van der Waals surface area contributed by atoms with E-state index in [0.717, 1.165) is 0 Å². The van der Waals surface area contributed by atoms with Crippen LogP contribution in [0.25, 0.3) is 0 Å². The zero-order chi connectivity index (χ0) is 8.97. The van der Waals surface area contributed by atoms with Crippen LogP contribution in [0.1, 0.15) is 39.0 Å². The molecule has 0 saturated carbocycles. The van der Waals surface area contributed by atoms with Crippen molar-refractivity contribution in [2.75, 3.05) is 13.6 Å². The van der Waals surface area contributed by atoms with Crippen molar-refractivity contribution in [3.63, 3.8) is 0 Å². The highest BCUT2D eigenvalue weighted by Gasteiger charge is 2.25. The van der Waals surface area contributed by atoms with E-state index in [-0.39, 0.29) is 0 Å². The Morgan fingerprint density at radius 1 is 1.50 bits per heavy atom. The first-order chi connectivity index (χ1) is 5.75. The average molecular weight is 170 g/mol. The Labute approximate surface area is 76.1 Å². The number of rotatable bonds is 3. The van der Waals surface area contributed by atoms with E-state index in [0.29, 0.717) is 12.1 Å². The van der Waals surface area contributed by atoms with Gasteiger partial charge in [0, 0.05) is 12.1 Å². The van der Waals surface area contributed by atoms with Crippen molar-refractivity contribution in [3.05, 3.63) is 0 Å². The molecule has 1 heterocycles. The summed E-state index contributed by atoms with van der Waals surface area (Å²) in [5.74, 6) is 0. The number of hydrogen-bond donors (Lipinski definition) is 1. The molecular formula is C10H22N2. The average Bonchev–Trinajstić information content (AvgIpc) is 2.04. The standard InChI is InChI=1S/C10H22N2/c1-3-4-7-10-9(11)6-5-8-12(10)2/h9-10H,3-8,11H2,1-2H3. The first-order valence-electron chi connectivity index (χ1n) is 5.21. The number of unbranched alkanes of at least 4 members (excludes halogenated alkanes) is 1. The Morgan fingerprint density at radius 2 is 2.25 bits per heavy atom. The molecule has 1 aliphatic rings. The number of likely N-dealkylation sites (tertiary alicyclic amines) is 1. The third kappa shape index (κ3) is 2.46. The summed E-state index contributed by atoms with van der Waals surface area (Å²) in [7, 11) is 2.21. The number of piperidine rings is 1. The van der Waals surface area contributed by atoms with Crippen molar-refractivity contribution in [2.45, 2.75) is 51.1 Å². The van der Waals surface area contributed by atoms with Gasteiger partial charge in [0.05, 0.1) is 0 Å². The third-order valence-corrected chi connectivity index (χ3v) is 2.96. The Kier molecular flexibility index (Phi) is 4.02. The van der Waals surface area contributed by atoms with Crippen molar-refractivity contribution in [3.8, 4) is 0 Å². The minimum atomic E-state index is 0.426. The van der Waals surface area contributed by atoms with Gasteiger partial charge < -0.3 is 10.6 Å². The first kappa shape index (κ1) is 10.0. The van der Waals surface area contributed by atoms with E-state index in [1.165, 1.54) is 38.6 Å². The Hall–Kier alpha value is -0.0800. The molecular weight excluding hydrogens is 148 g/mol. The van der Waals surface area contributed by atoms with Crippen LogP contribution >= 0.6 is 0 Å². The van der Waals surface area contributed by atoms with Gasteiger partial charge in [-0.3, -0.25) is 0 Å². The van der Waals surface area contributed by atoms with Gasteiger partial charge in [0.1, 0.15) is 0 Å². The molecule has 0 aromatic rings. The summed E-state index contributed by atoms with van der Waals surface area (Å²) in [4.78, 5) is 2.43. The third-order valence-electron chi connectivity index (χ3n) is 2.96. The molecule has 2 nitrogen and oxygen atoms in total. The molecule has 0 spiro atoms. The summed E-state index contributed by atoms with van der Waals surface area (Å²) in [6.45, 7) is 3.48. The van der Waals surface area contributed by atoms with Gasteiger partial charge in [-0.25, -0.2) is 0 Å². The Balaban J connectivity index is 2.34. The second kappa shape index (κ2) is 4.83. The van der Waals surface area contributed by atoms with Gasteiger partial charge in [-0.15, -0.1) is 0 Å². The van der Waals surface area contributed by atoms with Crippen LogP contribution in [0.15, 0.2) is 0 Å². The maximum Gasteiger partial charge on any atom is 0.0244 e. The van der Waals surface area contributed by atoms with Gasteiger partial charge in [0.2, 0.25) is 0 Å². The minimum absolute atomic E-state index is 0.426. The van der Waals surface area contributed by atoms with E-state index >= 15 is 0 Å². The van der Waals surface area contributed by atoms with Gasteiger partial charge in [-0.2, -0.15) is 0 Å². The van der Waals surface area contributed by atoms with Crippen molar-refractivity contribution < 1.29 is 0 Å². The lowest BCUT2D eigenvalue weighted by molar-refractivity contribution is 0.150. The normalized spacial score (nSPS) is 32.2. The van der Waals surface area contributed by atoms with Crippen LogP contribution in [0, 0.1) is 0 Å². The summed E-state index contributed by atoms with van der Waals surface area (Å²) >= 11 is 0. The van der Waals surface area contributed by atoms with E-state index in [9.17, 15) is 0 Å². The molecule has 2 unspecified atom stereocenters. The molecule has 1 saturated heterocycles. The predicted octanol–water partition coefficient (Wildman–Crippen LogP) is 1.60. The highest BCUT2D eigenvalue weighted by Crippen LogP contribution is 2.18. The monoisotopic (exact) mass is 170 g/mol. The van der Waals surface area contributed by atoms with E-state index < -0.39 is 0 Å². The second-order valence-corrected chi connectivity index (χ2v) is 4.00. The molecule has 2 heteroatoms. The zero-order valence-electron chi connectivity index (χ0n) is 8.42. The maximum atomic E-state index is 6.07. The molecule has 1 rings (SSSR count). The van der Waals surface area contributed by atoms with Crippen LogP contribution in [-0.2, 0) is 0 Å². The molecule has 0 amide bonds. The van der Waals surface area contributed by atoms with Crippen LogP contribution in [-0.4, -0.2) is 30.6 Å². The van der Waals surface area contributed by atoms with Gasteiger partial charge in [-0.05, 0) is 32.9 Å². The van der Waals surface area contributed by atoms with Crippen molar-refractivity contribution in [1.29, 1.82) is 0 Å². The number of nitrogens with two attached hydrogens (primary N) is 1. The van der Waals surface area contributed by atoms with Crippen LogP contribution in [0.5, 0.6) is 0 Å². The van der Waals surface area contributed by atoms with E-state index in [1.54, 1.807) is 0 Å². The topological polar surface area (TPSA) is 29.3 Å². The van der Waals surface area contributed by atoms with Crippen molar-refractivity contribution >= 4 is 0 Å². The highest BCUT2D eigenvalue weighted by molar-refractivity contribution is 4.84. The molecule has 2 atom stereocenters. The summed E-state index contributed by atoms with van der Waals surface area (Å²) in [6, 6.07) is 1.08. The fourth-order valence-electron chi connectivity index (χ4n) is 2.11. The van der Waals surface area contributed by atoms with Gasteiger partial charge in [-0.1, -0.05) is 19.8 Å². The highest BCUT2D eigenvalue weighted by atomic mass is 15.2. The SMILES string of the molecule is CCCCC1C(N)CCCN1C. The molecule has 12 heavy (non-hydrogen) atoms. The van der Waals surface area contributed by atoms with Crippen LogP contribution in [0.3, 0.4) is 0 Å². The lowest BCUT2D eigenvalue weighted by atomic mass is 9.93. The van der Waals surface area contributed by atoms with Crippen molar-refractivity contribution in [1.82, 2.24) is 4.90 Å². The molecule has 2 N–H and O–H groups in total. The molecule has 72 valence electrons. The summed E-state index contributed by atoms with van der Waals surface area (Å²) in [6.07, 6.45) is 6.40. The minimum Gasteiger partial charge on any atom is -0.326 e. The Morgan fingerprint density at radius 3 is 2.83 bits per heavy atom. The zero-order valence-corrected chi connectivity index (χ0v) is 8.42. The fraction of sp³-hybridized carbons (Fsp3) is 1.00. The summed E-state index contributed by atoms with van der Waals surface area (Å²) in [5, 5.41) is 0. The summed E-state index contributed by atoms with van der Waals surface area (Å²) in [5.41, 5.74) is 6.07. The number of nitrogens with zero attached hydrogens (tertiary/aromatic N) is 1. The second-order valence-electron chi connectivity index (χ2n) is 4.00. The van der Waals surface area contributed by atoms with E-state index in [2.05, 4.69) is 18.9 Å². The van der Waals surface area contributed by atoms with Crippen LogP contribution in [0.2, 0.25) is 0 Å². The molecule has 1 aliphatic heterocycles. The van der Waals surface area contributed by atoms with E-state index in [1.807, 2.05) is 0 Å². The molecule has 0 bridgehead atoms. The molecule has 0 aromatic carbocycles. The van der Waals surface area contributed by atoms with Crippen LogP contribution in [0.4, 0.5) is 0 Å². The first-order valence-corrected chi connectivity index (χ1v) is 5.21. The Bertz CT molecular complexity index is 115. The maximum absolute atomic E-state index is 6.07. The van der Waals surface area contributed by atoms with Crippen LogP contribution < -0.4 is 5.73 Å².